The van der Waals surface area contributed by atoms with Gasteiger partial charge in [0.05, 0.1) is 22.7 Å². The Kier molecular flexibility index (Phi) is 8.41. The zero-order valence-corrected chi connectivity index (χ0v) is 22.2. The van der Waals surface area contributed by atoms with Crippen molar-refractivity contribution in [3.05, 3.63) is 53.6 Å². The number of aryl methyl sites for hydroxylation is 1. The molecule has 1 heterocycles. The summed E-state index contributed by atoms with van der Waals surface area (Å²) in [6, 6.07) is 14.1. The van der Waals surface area contributed by atoms with Gasteiger partial charge in [-0.25, -0.2) is 4.98 Å². The molecule has 0 saturated heterocycles. The zero-order valence-electron chi connectivity index (χ0n) is 22.2. The number of imidazole rings is 1. The predicted molar refractivity (Wildman–Crippen MR) is 147 cm³/mol. The molecule has 1 fully saturated rings. The fourth-order valence-electron chi connectivity index (χ4n) is 4.88. The van der Waals surface area contributed by atoms with Crippen LogP contribution in [0.15, 0.2) is 42.5 Å². The number of nitrogens with zero attached hydrogens (tertiary/aromatic N) is 5. The summed E-state index contributed by atoms with van der Waals surface area (Å²) in [5.74, 6) is 0.597. The second kappa shape index (κ2) is 11.9. The number of carbonyl (C=O) groups excluding carboxylic acids is 3. The number of benzene rings is 2. The Morgan fingerprint density at radius 2 is 1.82 bits per heavy atom. The second-order valence-electron chi connectivity index (χ2n) is 10.0. The largest absolute Gasteiger partial charge is 0.346 e. The van der Waals surface area contributed by atoms with E-state index in [0.29, 0.717) is 54.4 Å². The maximum atomic E-state index is 13.0. The topological polar surface area (TPSA) is 111 Å². The number of nitriles is 1. The first-order valence-electron chi connectivity index (χ1n) is 13.1. The lowest BCUT2D eigenvalue weighted by Gasteiger charge is -2.19. The Balaban J connectivity index is 1.59. The average molecular weight is 515 g/mol. The molecule has 2 aromatic carbocycles. The first kappa shape index (κ1) is 26.9. The first-order valence-corrected chi connectivity index (χ1v) is 13.1. The van der Waals surface area contributed by atoms with Gasteiger partial charge in [0.2, 0.25) is 17.8 Å². The van der Waals surface area contributed by atoms with E-state index in [-0.39, 0.29) is 17.7 Å². The number of rotatable bonds is 9. The number of amides is 3. The average Bonchev–Trinajstić information content (AvgIpc) is 3.55. The molecule has 4 rings (SSSR count). The lowest BCUT2D eigenvalue weighted by molar-refractivity contribution is -0.127. The normalized spacial score (nSPS) is 13.3. The van der Waals surface area contributed by atoms with Gasteiger partial charge in [-0.1, -0.05) is 12.8 Å². The highest BCUT2D eigenvalue weighted by molar-refractivity contribution is 6.04. The van der Waals surface area contributed by atoms with Gasteiger partial charge in [-0.3, -0.25) is 19.7 Å². The fourth-order valence-corrected chi connectivity index (χ4v) is 4.88. The molecule has 9 nitrogen and oxygen atoms in total. The predicted octanol–water partition coefficient (Wildman–Crippen LogP) is 4.57. The van der Waals surface area contributed by atoms with Crippen molar-refractivity contribution >= 4 is 40.4 Å². The number of anilines is 2. The Hall–Kier alpha value is -4.19. The van der Waals surface area contributed by atoms with Gasteiger partial charge in [-0.05, 0) is 67.6 Å². The third kappa shape index (κ3) is 6.20. The summed E-state index contributed by atoms with van der Waals surface area (Å²) >= 11 is 0. The van der Waals surface area contributed by atoms with E-state index in [0.717, 1.165) is 24.0 Å². The lowest BCUT2D eigenvalue weighted by Crippen LogP contribution is -2.27. The van der Waals surface area contributed by atoms with E-state index in [1.165, 1.54) is 19.8 Å². The van der Waals surface area contributed by atoms with Crippen LogP contribution >= 0.6 is 0 Å². The van der Waals surface area contributed by atoms with Crippen molar-refractivity contribution in [1.29, 1.82) is 5.26 Å². The van der Waals surface area contributed by atoms with Crippen LogP contribution in [-0.4, -0.2) is 52.8 Å². The summed E-state index contributed by atoms with van der Waals surface area (Å²) in [5.41, 5.74) is 3.13. The highest BCUT2D eigenvalue weighted by Crippen LogP contribution is 2.30. The third-order valence-corrected chi connectivity index (χ3v) is 7.35. The van der Waals surface area contributed by atoms with Crippen LogP contribution in [0.3, 0.4) is 0 Å². The monoisotopic (exact) mass is 514 g/mol. The van der Waals surface area contributed by atoms with Crippen molar-refractivity contribution in [2.24, 2.45) is 5.92 Å². The standard InChI is InChI=1S/C29H34N6O3/c1-20(36)33(2)15-6-16-35-26-14-13-24(34(3)27(37)17-21-7-4-5-8-21)18-25(26)31-29(35)32-28(38)23-11-9-22(19-30)10-12-23/h9-14,18,21H,4-8,15-17H2,1-3H3,(H,31,32,38). The highest BCUT2D eigenvalue weighted by atomic mass is 16.2. The Labute approximate surface area is 223 Å². The van der Waals surface area contributed by atoms with Gasteiger partial charge in [-0.2, -0.15) is 5.26 Å². The molecule has 1 N–H and O–H groups in total. The Morgan fingerprint density at radius 1 is 1.11 bits per heavy atom. The van der Waals surface area contributed by atoms with Crippen LogP contribution in [0.2, 0.25) is 0 Å². The molecule has 3 aromatic rings. The van der Waals surface area contributed by atoms with Crippen LogP contribution in [0.1, 0.15) is 61.4 Å². The minimum Gasteiger partial charge on any atom is -0.346 e. The molecule has 1 aliphatic carbocycles. The summed E-state index contributed by atoms with van der Waals surface area (Å²) in [5, 5.41) is 11.9. The Morgan fingerprint density at radius 3 is 2.47 bits per heavy atom. The maximum absolute atomic E-state index is 13.0. The summed E-state index contributed by atoms with van der Waals surface area (Å²) < 4.78 is 1.93. The summed E-state index contributed by atoms with van der Waals surface area (Å²) in [6.45, 7) is 2.63. The number of hydrogen-bond acceptors (Lipinski definition) is 5. The summed E-state index contributed by atoms with van der Waals surface area (Å²) in [7, 11) is 3.55. The van der Waals surface area contributed by atoms with Crippen LogP contribution in [-0.2, 0) is 16.1 Å². The van der Waals surface area contributed by atoms with Crippen LogP contribution in [0.4, 0.5) is 11.6 Å². The molecule has 0 bridgehead atoms. The summed E-state index contributed by atoms with van der Waals surface area (Å²) in [6.07, 6.45) is 5.85. The van der Waals surface area contributed by atoms with E-state index in [4.69, 9.17) is 10.2 Å². The molecule has 9 heteroatoms. The number of fused-ring (bicyclic) bond motifs is 1. The minimum absolute atomic E-state index is 0.00946. The molecule has 1 saturated carbocycles. The van der Waals surface area contributed by atoms with E-state index >= 15 is 0 Å². The lowest BCUT2D eigenvalue weighted by atomic mass is 10.0. The molecular formula is C29H34N6O3. The molecule has 0 atom stereocenters. The zero-order chi connectivity index (χ0) is 27.2. The number of nitrogens with one attached hydrogen (secondary N) is 1. The second-order valence-corrected chi connectivity index (χ2v) is 10.0. The number of carbonyl (C=O) groups is 3. The smallest absolute Gasteiger partial charge is 0.257 e. The van der Waals surface area contributed by atoms with Gasteiger partial charge >= 0.3 is 0 Å². The molecule has 0 unspecified atom stereocenters. The van der Waals surface area contributed by atoms with Gasteiger partial charge in [0, 0.05) is 51.8 Å². The quantitative estimate of drug-likeness (QED) is 0.450. The number of aromatic nitrogens is 2. The molecule has 0 spiro atoms. The van der Waals surface area contributed by atoms with Crippen molar-refractivity contribution < 1.29 is 14.4 Å². The molecular weight excluding hydrogens is 480 g/mol. The van der Waals surface area contributed by atoms with Crippen LogP contribution in [0.25, 0.3) is 11.0 Å². The van der Waals surface area contributed by atoms with Gasteiger partial charge in [0.25, 0.3) is 5.91 Å². The molecule has 1 aliphatic rings. The van der Waals surface area contributed by atoms with Crippen molar-refractivity contribution in [1.82, 2.24) is 14.5 Å². The van der Waals surface area contributed by atoms with Crippen molar-refractivity contribution in [2.45, 2.75) is 52.0 Å². The fraction of sp³-hybridized carbons (Fsp3) is 0.414. The van der Waals surface area contributed by atoms with Gasteiger partial charge in [0.1, 0.15) is 0 Å². The Bertz CT molecular complexity index is 1370. The van der Waals surface area contributed by atoms with Crippen molar-refractivity contribution in [2.75, 3.05) is 30.9 Å². The molecule has 3 amide bonds. The molecule has 38 heavy (non-hydrogen) atoms. The van der Waals surface area contributed by atoms with E-state index in [9.17, 15) is 14.4 Å². The first-order chi connectivity index (χ1) is 18.3. The third-order valence-electron chi connectivity index (χ3n) is 7.35. The van der Waals surface area contributed by atoms with E-state index in [1.54, 1.807) is 48.2 Å². The van der Waals surface area contributed by atoms with Crippen LogP contribution < -0.4 is 10.2 Å². The van der Waals surface area contributed by atoms with Crippen LogP contribution in [0.5, 0.6) is 0 Å². The van der Waals surface area contributed by atoms with Gasteiger partial charge < -0.3 is 14.4 Å². The van der Waals surface area contributed by atoms with E-state index < -0.39 is 0 Å². The van der Waals surface area contributed by atoms with Crippen molar-refractivity contribution in [3.63, 3.8) is 0 Å². The van der Waals surface area contributed by atoms with Gasteiger partial charge in [0.15, 0.2) is 0 Å². The van der Waals surface area contributed by atoms with Crippen molar-refractivity contribution in [3.8, 4) is 6.07 Å². The molecule has 0 aliphatic heterocycles. The van der Waals surface area contributed by atoms with E-state index in [2.05, 4.69) is 5.32 Å². The minimum atomic E-state index is -0.337. The highest BCUT2D eigenvalue weighted by Gasteiger charge is 2.22. The maximum Gasteiger partial charge on any atom is 0.257 e. The molecule has 0 radical (unpaired) electrons. The molecule has 1 aromatic heterocycles. The summed E-state index contributed by atoms with van der Waals surface area (Å²) in [4.78, 5) is 45.6. The van der Waals surface area contributed by atoms with E-state index in [1.807, 2.05) is 28.8 Å². The SMILES string of the molecule is CC(=O)N(C)CCCn1c(NC(=O)c2ccc(C#N)cc2)nc2cc(N(C)C(=O)CC3CCCC3)ccc21. The molecule has 198 valence electrons. The number of hydrogen-bond donors (Lipinski definition) is 1. The van der Waals surface area contributed by atoms with Crippen LogP contribution in [0, 0.1) is 17.2 Å². The van der Waals surface area contributed by atoms with Gasteiger partial charge in [-0.15, -0.1) is 0 Å².